The van der Waals surface area contributed by atoms with E-state index in [1.165, 1.54) is 13.0 Å². The normalized spacial score (nSPS) is 11.3. The van der Waals surface area contributed by atoms with Gasteiger partial charge in [0.15, 0.2) is 11.2 Å². The molecule has 1 unspecified atom stereocenters. The predicted octanol–water partition coefficient (Wildman–Crippen LogP) is 4.07. The molecular weight excluding hydrogens is 457 g/mol. The molecule has 154 valence electrons. The highest BCUT2D eigenvalue weighted by Gasteiger charge is 2.17. The largest absolute Gasteiger partial charge is 0.479 e. The van der Waals surface area contributed by atoms with Gasteiger partial charge in [0.1, 0.15) is 5.75 Å². The Bertz CT molecular complexity index is 911. The lowest BCUT2D eigenvalue weighted by Gasteiger charge is -2.17. The fourth-order valence-electron chi connectivity index (χ4n) is 2.20. The SMILES string of the molecule is CC(Oc1ccc(Cl)cc1Cl)C(=O)NNC(=S)NC(=O)CCc1ccccc1Cl. The number of hydrogen-bond acceptors (Lipinski definition) is 4. The molecule has 29 heavy (non-hydrogen) atoms. The van der Waals surface area contributed by atoms with Crippen molar-refractivity contribution in [2.45, 2.75) is 25.9 Å². The van der Waals surface area contributed by atoms with Crippen LogP contribution >= 0.6 is 47.0 Å². The van der Waals surface area contributed by atoms with Crippen molar-refractivity contribution >= 4 is 63.9 Å². The number of thiocarbonyl (C=S) groups is 1. The Morgan fingerprint density at radius 3 is 2.48 bits per heavy atom. The molecule has 6 nitrogen and oxygen atoms in total. The lowest BCUT2D eigenvalue weighted by atomic mass is 10.1. The van der Waals surface area contributed by atoms with Crippen LogP contribution in [0.15, 0.2) is 42.5 Å². The fraction of sp³-hybridized carbons (Fsp3) is 0.211. The number of amides is 2. The molecule has 0 spiro atoms. The molecule has 0 heterocycles. The summed E-state index contributed by atoms with van der Waals surface area (Å²) in [6.07, 6.45) is -0.221. The molecule has 0 fully saturated rings. The number of carbonyl (C=O) groups is 2. The van der Waals surface area contributed by atoms with E-state index >= 15 is 0 Å². The van der Waals surface area contributed by atoms with Gasteiger partial charge in [-0.3, -0.25) is 20.4 Å². The second kappa shape index (κ2) is 11.2. The molecular formula is C19H18Cl3N3O3S. The smallest absolute Gasteiger partial charge is 0.279 e. The zero-order valence-electron chi connectivity index (χ0n) is 15.3. The number of hydrogen-bond donors (Lipinski definition) is 3. The molecule has 2 aromatic carbocycles. The Morgan fingerprint density at radius 2 is 1.79 bits per heavy atom. The van der Waals surface area contributed by atoms with E-state index in [-0.39, 0.29) is 22.5 Å². The number of nitrogens with one attached hydrogen (secondary N) is 3. The van der Waals surface area contributed by atoms with E-state index in [0.29, 0.717) is 22.2 Å². The Hall–Kier alpha value is -2.06. The highest BCUT2D eigenvalue weighted by atomic mass is 35.5. The third kappa shape index (κ3) is 7.70. The first kappa shape index (κ1) is 23.2. The molecule has 3 N–H and O–H groups in total. The minimum atomic E-state index is -0.875. The van der Waals surface area contributed by atoms with Crippen molar-refractivity contribution in [2.75, 3.05) is 0 Å². The van der Waals surface area contributed by atoms with Crippen molar-refractivity contribution < 1.29 is 14.3 Å². The molecule has 2 aromatic rings. The Morgan fingerprint density at radius 1 is 1.07 bits per heavy atom. The summed E-state index contributed by atoms with van der Waals surface area (Å²) < 4.78 is 5.49. The van der Waals surface area contributed by atoms with E-state index in [4.69, 9.17) is 51.8 Å². The van der Waals surface area contributed by atoms with Gasteiger partial charge in [0.25, 0.3) is 5.91 Å². The molecule has 2 amide bonds. The van der Waals surface area contributed by atoms with Crippen LogP contribution in [-0.2, 0) is 16.0 Å². The van der Waals surface area contributed by atoms with Crippen molar-refractivity contribution in [2.24, 2.45) is 0 Å². The molecule has 0 saturated heterocycles. The molecule has 0 bridgehead atoms. The maximum absolute atomic E-state index is 12.1. The van der Waals surface area contributed by atoms with Gasteiger partial charge in [0, 0.05) is 16.5 Å². The van der Waals surface area contributed by atoms with Crippen LogP contribution in [0.3, 0.4) is 0 Å². The standard InChI is InChI=1S/C19H18Cl3N3O3S/c1-11(28-16-8-7-13(20)10-15(16)22)18(27)24-25-19(29)23-17(26)9-6-12-4-2-3-5-14(12)21/h2-5,7-8,10-11H,6,9H2,1H3,(H,24,27)(H2,23,25,26,29). The number of ether oxygens (including phenoxy) is 1. The molecule has 0 radical (unpaired) electrons. The van der Waals surface area contributed by atoms with Gasteiger partial charge in [-0.2, -0.15) is 0 Å². The van der Waals surface area contributed by atoms with Crippen LogP contribution in [0, 0.1) is 0 Å². The van der Waals surface area contributed by atoms with Crippen LogP contribution in [0.2, 0.25) is 15.1 Å². The maximum atomic E-state index is 12.1. The van der Waals surface area contributed by atoms with Crippen LogP contribution in [0.4, 0.5) is 0 Å². The van der Waals surface area contributed by atoms with Gasteiger partial charge in [0.2, 0.25) is 5.91 Å². The Kier molecular flexibility index (Phi) is 8.98. The monoisotopic (exact) mass is 473 g/mol. The average molecular weight is 475 g/mol. The number of benzene rings is 2. The van der Waals surface area contributed by atoms with Gasteiger partial charge in [0.05, 0.1) is 5.02 Å². The van der Waals surface area contributed by atoms with Crippen LogP contribution in [-0.4, -0.2) is 23.0 Å². The molecule has 10 heteroatoms. The first-order valence-electron chi connectivity index (χ1n) is 8.51. The second-order valence-electron chi connectivity index (χ2n) is 5.92. The number of carbonyl (C=O) groups excluding carboxylic acids is 2. The summed E-state index contributed by atoms with van der Waals surface area (Å²) in [4.78, 5) is 24.1. The lowest BCUT2D eigenvalue weighted by Crippen LogP contribution is -2.51. The van der Waals surface area contributed by atoms with E-state index in [1.54, 1.807) is 18.2 Å². The third-order valence-electron chi connectivity index (χ3n) is 3.70. The van der Waals surface area contributed by atoms with Gasteiger partial charge in [-0.15, -0.1) is 0 Å². The fourth-order valence-corrected chi connectivity index (χ4v) is 3.05. The summed E-state index contributed by atoms with van der Waals surface area (Å²) in [7, 11) is 0. The van der Waals surface area contributed by atoms with E-state index in [0.717, 1.165) is 5.56 Å². The first-order chi connectivity index (χ1) is 13.8. The van der Waals surface area contributed by atoms with Gasteiger partial charge < -0.3 is 10.1 Å². The van der Waals surface area contributed by atoms with Crippen molar-refractivity contribution in [3.05, 3.63) is 63.1 Å². The van der Waals surface area contributed by atoms with Crippen molar-refractivity contribution in [3.63, 3.8) is 0 Å². The summed E-state index contributed by atoms with van der Waals surface area (Å²) in [5, 5.41) is 3.77. The number of hydrazine groups is 1. The van der Waals surface area contributed by atoms with Crippen LogP contribution < -0.4 is 20.9 Å². The second-order valence-corrected chi connectivity index (χ2v) is 7.58. The zero-order valence-corrected chi connectivity index (χ0v) is 18.4. The van der Waals surface area contributed by atoms with Crippen LogP contribution in [0.5, 0.6) is 5.75 Å². The summed E-state index contributed by atoms with van der Waals surface area (Å²) in [5.41, 5.74) is 5.68. The minimum absolute atomic E-state index is 0.0424. The predicted molar refractivity (Wildman–Crippen MR) is 118 cm³/mol. The zero-order chi connectivity index (χ0) is 21.4. The minimum Gasteiger partial charge on any atom is -0.479 e. The highest BCUT2D eigenvalue weighted by Crippen LogP contribution is 2.28. The third-order valence-corrected chi connectivity index (χ3v) is 4.80. The van der Waals surface area contributed by atoms with Crippen LogP contribution in [0.1, 0.15) is 18.9 Å². The number of halogens is 3. The van der Waals surface area contributed by atoms with E-state index < -0.39 is 12.0 Å². The Balaban J connectivity index is 1.73. The molecule has 1 atom stereocenters. The van der Waals surface area contributed by atoms with E-state index in [2.05, 4.69) is 16.2 Å². The molecule has 0 aromatic heterocycles. The Labute approximate surface area is 188 Å². The van der Waals surface area contributed by atoms with Gasteiger partial charge in [-0.05, 0) is 55.4 Å². The topological polar surface area (TPSA) is 79.5 Å². The molecule has 2 rings (SSSR count). The molecule has 0 saturated carbocycles. The van der Waals surface area contributed by atoms with Crippen molar-refractivity contribution in [1.29, 1.82) is 0 Å². The lowest BCUT2D eigenvalue weighted by molar-refractivity contribution is -0.128. The van der Waals surface area contributed by atoms with E-state index in [9.17, 15) is 9.59 Å². The van der Waals surface area contributed by atoms with Crippen molar-refractivity contribution in [1.82, 2.24) is 16.2 Å². The molecule has 0 aliphatic carbocycles. The summed E-state index contributed by atoms with van der Waals surface area (Å²) in [5.74, 6) is -0.508. The summed E-state index contributed by atoms with van der Waals surface area (Å²) in [6.45, 7) is 1.53. The maximum Gasteiger partial charge on any atom is 0.279 e. The molecule has 0 aliphatic heterocycles. The number of rotatable bonds is 6. The average Bonchev–Trinajstić information content (AvgIpc) is 2.67. The summed E-state index contributed by atoms with van der Waals surface area (Å²) >= 11 is 22.9. The quantitative estimate of drug-likeness (QED) is 0.434. The number of aryl methyl sites for hydroxylation is 1. The van der Waals surface area contributed by atoms with E-state index in [1.807, 2.05) is 18.2 Å². The van der Waals surface area contributed by atoms with Gasteiger partial charge in [-0.1, -0.05) is 53.0 Å². The summed E-state index contributed by atoms with van der Waals surface area (Å²) in [6, 6.07) is 11.9. The first-order valence-corrected chi connectivity index (χ1v) is 10.0. The molecule has 0 aliphatic rings. The van der Waals surface area contributed by atoms with Gasteiger partial charge in [-0.25, -0.2) is 0 Å². The highest BCUT2D eigenvalue weighted by molar-refractivity contribution is 7.80. The van der Waals surface area contributed by atoms with Crippen LogP contribution in [0.25, 0.3) is 0 Å². The van der Waals surface area contributed by atoms with Crippen molar-refractivity contribution in [3.8, 4) is 5.75 Å². The van der Waals surface area contributed by atoms with Gasteiger partial charge >= 0.3 is 0 Å².